The summed E-state index contributed by atoms with van der Waals surface area (Å²) in [6.07, 6.45) is 0. The van der Waals surface area contributed by atoms with Crippen molar-refractivity contribution in [3.05, 3.63) is 24.1 Å². The topological polar surface area (TPSA) is 80.4 Å². The first-order valence-corrected chi connectivity index (χ1v) is 6.51. The lowest BCUT2D eigenvalue weighted by atomic mass is 9.97. The number of para-hydroxylation sites is 1. The number of aromatic nitrogens is 1. The lowest BCUT2D eigenvalue weighted by Crippen LogP contribution is -2.11. The number of fused-ring (bicyclic) bond motifs is 1. The molecule has 1 aromatic heterocycles. The van der Waals surface area contributed by atoms with Crippen LogP contribution < -0.4 is 0 Å². The number of hydrogen-bond donors (Lipinski definition) is 1. The van der Waals surface area contributed by atoms with Gasteiger partial charge in [-0.1, -0.05) is 26.8 Å². The summed E-state index contributed by atoms with van der Waals surface area (Å²) in [7, 11) is -4.28. The molecule has 0 aliphatic carbocycles. The smallest absolute Gasteiger partial charge is 0.296 e. The molecule has 0 aliphatic heterocycles. The van der Waals surface area contributed by atoms with Gasteiger partial charge in [-0.3, -0.25) is 4.55 Å². The molecular weight excluding hydrogens is 242 g/mol. The zero-order valence-electron chi connectivity index (χ0n) is 9.76. The van der Waals surface area contributed by atoms with Gasteiger partial charge >= 0.3 is 0 Å². The zero-order chi connectivity index (χ0) is 12.8. The highest BCUT2D eigenvalue weighted by Gasteiger charge is 2.24. The maximum absolute atomic E-state index is 11.2. The molecule has 5 nitrogen and oxygen atoms in total. The second-order valence-corrected chi connectivity index (χ2v) is 6.24. The van der Waals surface area contributed by atoms with E-state index in [1.54, 1.807) is 6.07 Å². The minimum absolute atomic E-state index is 0.167. The molecule has 0 amide bonds. The Morgan fingerprint density at radius 2 is 1.94 bits per heavy atom. The van der Waals surface area contributed by atoms with Crippen molar-refractivity contribution in [1.82, 2.24) is 4.98 Å². The molecule has 6 heteroatoms. The Kier molecular flexibility index (Phi) is 2.52. The third-order valence-corrected chi connectivity index (χ3v) is 3.19. The number of oxazole rings is 1. The Hall–Kier alpha value is -1.40. The third kappa shape index (κ3) is 2.18. The molecule has 0 bridgehead atoms. The highest BCUT2D eigenvalue weighted by Crippen LogP contribution is 2.28. The van der Waals surface area contributed by atoms with Gasteiger partial charge < -0.3 is 4.42 Å². The van der Waals surface area contributed by atoms with Crippen molar-refractivity contribution in [1.29, 1.82) is 0 Å². The standard InChI is InChI=1S/C11H13NO4S/c1-11(2,3)10-12-9-7(16-10)5-4-6-8(9)17(13,14)15/h4-6H,1-3H3,(H,13,14,15). The molecule has 2 aromatic rings. The van der Waals surface area contributed by atoms with Gasteiger partial charge in [-0.2, -0.15) is 8.42 Å². The molecular formula is C11H13NO4S. The van der Waals surface area contributed by atoms with Gasteiger partial charge in [0.2, 0.25) is 5.89 Å². The first-order valence-electron chi connectivity index (χ1n) is 5.07. The summed E-state index contributed by atoms with van der Waals surface area (Å²) < 4.78 is 36.9. The minimum Gasteiger partial charge on any atom is -0.440 e. The summed E-state index contributed by atoms with van der Waals surface area (Å²) >= 11 is 0. The van der Waals surface area contributed by atoms with E-state index in [1.165, 1.54) is 12.1 Å². The van der Waals surface area contributed by atoms with Crippen LogP contribution in [0.4, 0.5) is 0 Å². The lowest BCUT2D eigenvalue weighted by molar-refractivity contribution is 0.411. The van der Waals surface area contributed by atoms with Crippen molar-refractivity contribution in [3.63, 3.8) is 0 Å². The molecule has 1 N–H and O–H groups in total. The second-order valence-electron chi connectivity index (χ2n) is 4.85. The fraction of sp³-hybridized carbons (Fsp3) is 0.364. The summed E-state index contributed by atoms with van der Waals surface area (Å²) in [5.74, 6) is 0.434. The summed E-state index contributed by atoms with van der Waals surface area (Å²) in [5, 5.41) is 0. The van der Waals surface area contributed by atoms with Gasteiger partial charge in [0.1, 0.15) is 10.4 Å². The van der Waals surface area contributed by atoms with Gasteiger partial charge in [-0.05, 0) is 12.1 Å². The SMILES string of the molecule is CC(C)(C)c1nc2c(S(=O)(=O)O)cccc2o1. The Labute approximate surface area is 99.2 Å². The fourth-order valence-corrected chi connectivity index (χ4v) is 2.09. The van der Waals surface area contributed by atoms with Gasteiger partial charge in [0.05, 0.1) is 0 Å². The fourth-order valence-electron chi connectivity index (χ4n) is 1.45. The molecule has 0 aliphatic rings. The molecule has 0 fully saturated rings. The summed E-state index contributed by atoms with van der Waals surface area (Å²) in [5.41, 5.74) is 0.195. The van der Waals surface area contributed by atoms with E-state index in [9.17, 15) is 8.42 Å². The number of rotatable bonds is 1. The third-order valence-electron chi connectivity index (χ3n) is 2.30. The molecule has 0 spiro atoms. The van der Waals surface area contributed by atoms with E-state index in [-0.39, 0.29) is 15.8 Å². The molecule has 1 aromatic carbocycles. The van der Waals surface area contributed by atoms with Crippen LogP contribution in [0.5, 0.6) is 0 Å². The maximum Gasteiger partial charge on any atom is 0.296 e. The van der Waals surface area contributed by atoms with Crippen LogP contribution in [-0.4, -0.2) is 18.0 Å². The van der Waals surface area contributed by atoms with Crippen molar-refractivity contribution in [3.8, 4) is 0 Å². The summed E-state index contributed by atoms with van der Waals surface area (Å²) in [6, 6.07) is 4.42. The van der Waals surface area contributed by atoms with Gasteiger partial charge in [-0.25, -0.2) is 4.98 Å². The molecule has 1 heterocycles. The van der Waals surface area contributed by atoms with Crippen LogP contribution in [0.3, 0.4) is 0 Å². The molecule has 92 valence electrons. The van der Waals surface area contributed by atoms with Crippen molar-refractivity contribution < 1.29 is 17.4 Å². The average molecular weight is 255 g/mol. The maximum atomic E-state index is 11.2. The predicted molar refractivity (Wildman–Crippen MR) is 62.5 cm³/mol. The normalized spacial score (nSPS) is 13.2. The van der Waals surface area contributed by atoms with E-state index in [0.29, 0.717) is 11.5 Å². The largest absolute Gasteiger partial charge is 0.440 e. The average Bonchev–Trinajstić information content (AvgIpc) is 2.57. The molecule has 0 atom stereocenters. The molecule has 0 saturated heterocycles. The Morgan fingerprint density at radius 1 is 1.29 bits per heavy atom. The van der Waals surface area contributed by atoms with Crippen LogP contribution in [0.2, 0.25) is 0 Å². The van der Waals surface area contributed by atoms with Gasteiger partial charge in [0.25, 0.3) is 10.1 Å². The van der Waals surface area contributed by atoms with Crippen LogP contribution in [0, 0.1) is 0 Å². The van der Waals surface area contributed by atoms with E-state index in [2.05, 4.69) is 4.98 Å². The molecule has 0 saturated carbocycles. The first-order chi connectivity index (χ1) is 7.69. The molecule has 17 heavy (non-hydrogen) atoms. The zero-order valence-corrected chi connectivity index (χ0v) is 10.6. The van der Waals surface area contributed by atoms with Crippen molar-refractivity contribution >= 4 is 21.2 Å². The first kappa shape index (κ1) is 12.1. The van der Waals surface area contributed by atoms with Crippen LogP contribution in [0.1, 0.15) is 26.7 Å². The molecule has 2 rings (SSSR count). The van der Waals surface area contributed by atoms with Crippen molar-refractivity contribution in [2.24, 2.45) is 0 Å². The number of hydrogen-bond acceptors (Lipinski definition) is 4. The lowest BCUT2D eigenvalue weighted by Gasteiger charge is -2.11. The highest BCUT2D eigenvalue weighted by atomic mass is 32.2. The van der Waals surface area contributed by atoms with Gasteiger partial charge in [-0.15, -0.1) is 0 Å². The van der Waals surface area contributed by atoms with Gasteiger partial charge in [0.15, 0.2) is 5.58 Å². The quantitative estimate of drug-likeness (QED) is 0.791. The van der Waals surface area contributed by atoms with Crippen molar-refractivity contribution in [2.45, 2.75) is 31.1 Å². The van der Waals surface area contributed by atoms with E-state index in [1.807, 2.05) is 20.8 Å². The van der Waals surface area contributed by atoms with E-state index < -0.39 is 10.1 Å². The number of benzene rings is 1. The predicted octanol–water partition coefficient (Wildman–Crippen LogP) is 2.37. The Balaban J connectivity index is 2.79. The summed E-state index contributed by atoms with van der Waals surface area (Å²) in [6.45, 7) is 5.72. The number of nitrogens with zero attached hydrogens (tertiary/aromatic N) is 1. The van der Waals surface area contributed by atoms with Crippen molar-refractivity contribution in [2.75, 3.05) is 0 Å². The molecule has 0 radical (unpaired) electrons. The van der Waals surface area contributed by atoms with Crippen LogP contribution in [0.15, 0.2) is 27.5 Å². The Bertz CT molecular complexity index is 664. The van der Waals surface area contributed by atoms with Gasteiger partial charge in [0, 0.05) is 5.41 Å². The highest BCUT2D eigenvalue weighted by molar-refractivity contribution is 7.86. The minimum atomic E-state index is -4.28. The second kappa shape index (κ2) is 3.54. The van der Waals surface area contributed by atoms with E-state index in [0.717, 1.165) is 0 Å². The van der Waals surface area contributed by atoms with E-state index >= 15 is 0 Å². The summed E-state index contributed by atoms with van der Waals surface area (Å²) in [4.78, 5) is 3.92. The Morgan fingerprint density at radius 3 is 2.47 bits per heavy atom. The monoisotopic (exact) mass is 255 g/mol. The molecule has 0 unspecified atom stereocenters. The van der Waals surface area contributed by atoms with Crippen LogP contribution in [0.25, 0.3) is 11.1 Å². The van der Waals surface area contributed by atoms with Crippen LogP contribution in [-0.2, 0) is 15.5 Å². The van der Waals surface area contributed by atoms with Crippen LogP contribution >= 0.6 is 0 Å². The van der Waals surface area contributed by atoms with E-state index in [4.69, 9.17) is 8.97 Å².